The van der Waals surface area contributed by atoms with Crippen molar-refractivity contribution in [3.05, 3.63) is 100 Å². The van der Waals surface area contributed by atoms with Crippen molar-refractivity contribution >= 4 is 34.6 Å². The number of aryl methyl sites for hydroxylation is 1. The predicted octanol–water partition coefficient (Wildman–Crippen LogP) is 6.99. The Bertz CT molecular complexity index is 1350. The first-order valence-corrected chi connectivity index (χ1v) is 13.4. The number of benzene rings is 3. The summed E-state index contributed by atoms with van der Waals surface area (Å²) in [4.78, 5) is 17.8. The molecule has 196 valence electrons. The molecule has 1 heterocycles. The lowest BCUT2D eigenvalue weighted by Gasteiger charge is -2.17. The van der Waals surface area contributed by atoms with Gasteiger partial charge in [-0.25, -0.2) is 4.99 Å². The van der Waals surface area contributed by atoms with Gasteiger partial charge in [0, 0.05) is 5.56 Å². The van der Waals surface area contributed by atoms with Crippen LogP contribution in [0.5, 0.6) is 17.2 Å². The minimum absolute atomic E-state index is 0.192. The number of hydrogen-bond donors (Lipinski definition) is 1. The maximum absolute atomic E-state index is 12.7. The number of nitrogens with zero attached hydrogens (tertiary/aromatic N) is 1. The third kappa shape index (κ3) is 7.07. The molecule has 0 unspecified atom stereocenters. The fourth-order valence-electron chi connectivity index (χ4n) is 3.87. The van der Waals surface area contributed by atoms with Crippen LogP contribution in [-0.4, -0.2) is 24.3 Å². The predicted molar refractivity (Wildman–Crippen MR) is 155 cm³/mol. The molecule has 0 aliphatic carbocycles. The van der Waals surface area contributed by atoms with E-state index < -0.39 is 0 Å². The smallest absolute Gasteiger partial charge is 0.264 e. The van der Waals surface area contributed by atoms with E-state index in [1.165, 1.54) is 17.3 Å². The number of allylic oxidation sites excluding steroid dienone is 1. The molecule has 38 heavy (non-hydrogen) atoms. The fourth-order valence-corrected chi connectivity index (χ4v) is 4.71. The number of ether oxygens (including phenoxy) is 3. The monoisotopic (exact) mass is 528 g/mol. The van der Waals surface area contributed by atoms with Crippen molar-refractivity contribution in [2.24, 2.45) is 4.99 Å². The summed E-state index contributed by atoms with van der Waals surface area (Å²) in [5.74, 6) is 1.92. The molecule has 0 radical (unpaired) electrons. The summed E-state index contributed by atoms with van der Waals surface area (Å²) >= 11 is 1.30. The van der Waals surface area contributed by atoms with Gasteiger partial charge in [0.1, 0.15) is 12.4 Å². The van der Waals surface area contributed by atoms with Crippen LogP contribution < -0.4 is 19.5 Å². The highest BCUT2D eigenvalue weighted by Gasteiger charge is 2.24. The first-order chi connectivity index (χ1) is 18.5. The van der Waals surface area contributed by atoms with Crippen molar-refractivity contribution < 1.29 is 19.0 Å². The van der Waals surface area contributed by atoms with E-state index in [0.717, 1.165) is 28.1 Å². The maximum Gasteiger partial charge on any atom is 0.264 e. The number of thioether (sulfide) groups is 1. The van der Waals surface area contributed by atoms with Crippen LogP contribution in [0.1, 0.15) is 36.1 Å². The summed E-state index contributed by atoms with van der Waals surface area (Å²) < 4.78 is 17.7. The summed E-state index contributed by atoms with van der Waals surface area (Å²) in [5, 5.41) is 3.38. The zero-order valence-electron chi connectivity index (χ0n) is 22.0. The van der Waals surface area contributed by atoms with Gasteiger partial charge in [-0.2, -0.15) is 0 Å². The highest BCUT2D eigenvalue weighted by atomic mass is 32.2. The molecule has 1 saturated heterocycles. The average molecular weight is 529 g/mol. The molecule has 0 aromatic heterocycles. The number of nitrogens with one attached hydrogen (secondary N) is 1. The van der Waals surface area contributed by atoms with E-state index in [0.29, 0.717) is 47.8 Å². The van der Waals surface area contributed by atoms with Crippen LogP contribution in [0.3, 0.4) is 0 Å². The summed E-state index contributed by atoms with van der Waals surface area (Å²) in [5.41, 5.74) is 4.80. The van der Waals surface area contributed by atoms with Crippen LogP contribution in [0.25, 0.3) is 6.08 Å². The molecule has 0 saturated carbocycles. The fraction of sp³-hybridized carbons (Fsp3) is 0.226. The van der Waals surface area contributed by atoms with E-state index in [4.69, 9.17) is 14.2 Å². The highest BCUT2D eigenvalue weighted by Crippen LogP contribution is 2.37. The Kier molecular flexibility index (Phi) is 9.27. The Morgan fingerprint density at radius 3 is 2.39 bits per heavy atom. The lowest BCUT2D eigenvalue weighted by Crippen LogP contribution is -2.19. The number of amides is 1. The number of carbonyl (C=O) groups excluding carboxylic acids is 1. The van der Waals surface area contributed by atoms with Crippen LogP contribution in [-0.2, 0) is 17.8 Å². The normalized spacial score (nSPS) is 15.0. The molecule has 1 N–H and O–H groups in total. The van der Waals surface area contributed by atoms with Crippen molar-refractivity contribution in [1.29, 1.82) is 0 Å². The van der Waals surface area contributed by atoms with Gasteiger partial charge in [0.05, 0.1) is 23.8 Å². The molecule has 1 fully saturated rings. The average Bonchev–Trinajstić information content (AvgIpc) is 3.24. The molecule has 1 aliphatic heterocycles. The standard InChI is InChI=1S/C31H32N2O4S/c1-5-8-24-17-23(18-27(36-7-3)29(24)37-20-22-11-9-21(4)10-12-22)19-28-30(34)33-31(38-28)32-25-13-15-26(16-14-25)35-6-2/h5,9-19H,1,6-8,20H2,2-4H3,(H,32,33,34)/b28-19+. The molecule has 1 amide bonds. The van der Waals surface area contributed by atoms with E-state index in [1.807, 2.05) is 62.4 Å². The first kappa shape index (κ1) is 27.1. The molecule has 4 rings (SSSR count). The van der Waals surface area contributed by atoms with Gasteiger partial charge in [-0.15, -0.1) is 6.58 Å². The third-order valence-corrected chi connectivity index (χ3v) is 6.56. The van der Waals surface area contributed by atoms with E-state index in [-0.39, 0.29) is 5.91 Å². The molecule has 7 heteroatoms. The summed E-state index contributed by atoms with van der Waals surface area (Å²) in [6, 6.07) is 19.6. The molecule has 3 aromatic carbocycles. The number of carbonyl (C=O) groups is 1. The van der Waals surface area contributed by atoms with Gasteiger partial charge >= 0.3 is 0 Å². The highest BCUT2D eigenvalue weighted by molar-refractivity contribution is 8.18. The Balaban J connectivity index is 1.58. The van der Waals surface area contributed by atoms with Gasteiger partial charge in [0.2, 0.25) is 0 Å². The largest absolute Gasteiger partial charge is 0.494 e. The number of aliphatic imine (C=N–C) groups is 1. The minimum atomic E-state index is -0.192. The topological polar surface area (TPSA) is 69.2 Å². The van der Waals surface area contributed by atoms with Gasteiger partial charge < -0.3 is 19.5 Å². The molecule has 0 spiro atoms. The minimum Gasteiger partial charge on any atom is -0.494 e. The van der Waals surface area contributed by atoms with Gasteiger partial charge in [-0.3, -0.25) is 4.79 Å². The van der Waals surface area contributed by atoms with E-state index in [9.17, 15) is 4.79 Å². The molecule has 0 atom stereocenters. The van der Waals surface area contributed by atoms with Gasteiger partial charge in [-0.05, 0) is 92.6 Å². The van der Waals surface area contributed by atoms with Crippen molar-refractivity contribution in [1.82, 2.24) is 5.32 Å². The second-order valence-corrected chi connectivity index (χ2v) is 9.65. The Morgan fingerprint density at radius 2 is 1.71 bits per heavy atom. The molecular formula is C31H32N2O4S. The first-order valence-electron chi connectivity index (χ1n) is 12.6. The number of rotatable bonds is 11. The van der Waals surface area contributed by atoms with Crippen LogP contribution >= 0.6 is 11.8 Å². The summed E-state index contributed by atoms with van der Waals surface area (Å²) in [6.45, 7) is 11.4. The van der Waals surface area contributed by atoms with Crippen molar-refractivity contribution in [2.45, 2.75) is 33.8 Å². The van der Waals surface area contributed by atoms with E-state index >= 15 is 0 Å². The zero-order chi connectivity index (χ0) is 26.9. The molecule has 1 aliphatic rings. The zero-order valence-corrected chi connectivity index (χ0v) is 22.8. The van der Waals surface area contributed by atoms with Crippen LogP contribution in [0.2, 0.25) is 0 Å². The summed E-state index contributed by atoms with van der Waals surface area (Å²) in [6.07, 6.45) is 4.28. The van der Waals surface area contributed by atoms with Crippen LogP contribution in [0.4, 0.5) is 5.69 Å². The van der Waals surface area contributed by atoms with Crippen molar-refractivity contribution in [3.63, 3.8) is 0 Å². The van der Waals surface area contributed by atoms with Gasteiger partial charge in [0.25, 0.3) is 5.91 Å². The van der Waals surface area contributed by atoms with Crippen LogP contribution in [0.15, 0.2) is 83.2 Å². The molecule has 3 aromatic rings. The molecule has 0 bridgehead atoms. The van der Waals surface area contributed by atoms with Gasteiger partial charge in [-0.1, -0.05) is 35.9 Å². The lowest BCUT2D eigenvalue weighted by atomic mass is 10.0. The molecular weight excluding hydrogens is 496 g/mol. The third-order valence-electron chi connectivity index (χ3n) is 5.65. The van der Waals surface area contributed by atoms with E-state index in [2.05, 4.69) is 48.1 Å². The van der Waals surface area contributed by atoms with Crippen LogP contribution in [0, 0.1) is 6.92 Å². The second kappa shape index (κ2) is 13.0. The number of hydrogen-bond acceptors (Lipinski definition) is 6. The van der Waals surface area contributed by atoms with Crippen molar-refractivity contribution in [2.75, 3.05) is 13.2 Å². The SMILES string of the molecule is C=CCc1cc(/C=C2/SC(=Nc3ccc(OCC)cc3)NC2=O)cc(OCC)c1OCc1ccc(C)cc1. The van der Waals surface area contributed by atoms with E-state index in [1.54, 1.807) is 0 Å². The van der Waals surface area contributed by atoms with Gasteiger partial charge in [0.15, 0.2) is 16.7 Å². The number of amidine groups is 1. The Hall–Kier alpha value is -3.97. The lowest BCUT2D eigenvalue weighted by molar-refractivity contribution is -0.115. The Labute approximate surface area is 228 Å². The summed E-state index contributed by atoms with van der Waals surface area (Å²) in [7, 11) is 0. The molecule has 6 nitrogen and oxygen atoms in total. The quantitative estimate of drug-likeness (QED) is 0.215. The van der Waals surface area contributed by atoms with Crippen molar-refractivity contribution in [3.8, 4) is 17.2 Å². The Morgan fingerprint density at radius 1 is 0.974 bits per heavy atom. The second-order valence-electron chi connectivity index (χ2n) is 8.62. The maximum atomic E-state index is 12.7.